The number of hydrogen-bond acceptors (Lipinski definition) is 3. The van der Waals surface area contributed by atoms with E-state index < -0.39 is 0 Å². The molecule has 1 atom stereocenters. The SMILES string of the molecule is Cc1c(C)c(C)c2c(c1C)Oc1ccccc1C2c1cccc([N+](=O)[O-])c1. The molecule has 0 amide bonds. The van der Waals surface area contributed by atoms with Crippen LogP contribution in [0, 0.1) is 37.8 Å². The quantitative estimate of drug-likeness (QED) is 0.320. The van der Waals surface area contributed by atoms with E-state index >= 15 is 0 Å². The predicted molar refractivity (Wildman–Crippen MR) is 106 cm³/mol. The van der Waals surface area contributed by atoms with Crippen molar-refractivity contribution in [3.8, 4) is 11.5 Å². The van der Waals surface area contributed by atoms with Gasteiger partial charge in [0.25, 0.3) is 5.69 Å². The van der Waals surface area contributed by atoms with Crippen LogP contribution in [0.3, 0.4) is 0 Å². The molecule has 27 heavy (non-hydrogen) atoms. The molecule has 0 saturated heterocycles. The second-order valence-corrected chi connectivity index (χ2v) is 7.17. The van der Waals surface area contributed by atoms with Crippen molar-refractivity contribution >= 4 is 5.69 Å². The highest BCUT2D eigenvalue weighted by atomic mass is 16.6. The summed E-state index contributed by atoms with van der Waals surface area (Å²) in [5.74, 6) is 1.60. The van der Waals surface area contributed by atoms with Gasteiger partial charge in [0.05, 0.1) is 4.92 Å². The first-order valence-corrected chi connectivity index (χ1v) is 9.01. The lowest BCUT2D eigenvalue weighted by molar-refractivity contribution is -0.384. The second kappa shape index (κ2) is 6.23. The van der Waals surface area contributed by atoms with E-state index in [4.69, 9.17) is 4.74 Å². The standard InChI is InChI=1S/C23H21NO3/c1-13-14(2)16(4)23-21(15(13)3)22(19-10-5-6-11-20(19)27-23)17-8-7-9-18(12-17)24(25)26/h5-12,22H,1-4H3. The van der Waals surface area contributed by atoms with Crippen molar-refractivity contribution in [2.45, 2.75) is 33.6 Å². The average molecular weight is 359 g/mol. The Bertz CT molecular complexity index is 1090. The summed E-state index contributed by atoms with van der Waals surface area (Å²) in [6.07, 6.45) is 0. The maximum absolute atomic E-state index is 11.3. The molecular weight excluding hydrogens is 338 g/mol. The number of fused-ring (bicyclic) bond motifs is 2. The van der Waals surface area contributed by atoms with Crippen LogP contribution in [0.5, 0.6) is 11.5 Å². The van der Waals surface area contributed by atoms with E-state index in [0.717, 1.165) is 33.8 Å². The molecule has 4 heteroatoms. The molecule has 0 N–H and O–H groups in total. The minimum absolute atomic E-state index is 0.0946. The molecule has 0 radical (unpaired) electrons. The Kier molecular flexibility index (Phi) is 3.99. The number of hydrogen-bond donors (Lipinski definition) is 0. The largest absolute Gasteiger partial charge is 0.456 e. The number of non-ortho nitro benzene ring substituents is 1. The van der Waals surface area contributed by atoms with E-state index in [9.17, 15) is 10.1 Å². The molecule has 3 aromatic rings. The van der Waals surface area contributed by atoms with E-state index in [1.54, 1.807) is 12.1 Å². The van der Waals surface area contributed by atoms with Crippen molar-refractivity contribution in [3.63, 3.8) is 0 Å². The smallest absolute Gasteiger partial charge is 0.269 e. The number of nitro benzene ring substituents is 1. The van der Waals surface area contributed by atoms with Gasteiger partial charge in [-0.05, 0) is 61.6 Å². The molecular formula is C23H21NO3. The number of nitrogens with zero attached hydrogens (tertiary/aromatic N) is 1. The molecule has 1 heterocycles. The van der Waals surface area contributed by atoms with Crippen molar-refractivity contribution in [3.05, 3.63) is 97.6 Å². The first kappa shape index (κ1) is 17.3. The number of benzene rings is 3. The molecule has 0 aliphatic carbocycles. The van der Waals surface area contributed by atoms with Crippen LogP contribution in [0.4, 0.5) is 5.69 Å². The number of ether oxygens (including phenoxy) is 1. The number of para-hydroxylation sites is 1. The number of nitro groups is 1. The highest BCUT2D eigenvalue weighted by Gasteiger charge is 2.33. The summed E-state index contributed by atoms with van der Waals surface area (Å²) >= 11 is 0. The van der Waals surface area contributed by atoms with Crippen LogP contribution in [-0.4, -0.2) is 4.92 Å². The molecule has 0 fully saturated rings. The fourth-order valence-electron chi connectivity index (χ4n) is 4.03. The van der Waals surface area contributed by atoms with E-state index in [2.05, 4.69) is 27.7 Å². The van der Waals surface area contributed by atoms with Crippen molar-refractivity contribution in [1.82, 2.24) is 0 Å². The summed E-state index contributed by atoms with van der Waals surface area (Å²) in [4.78, 5) is 11.0. The van der Waals surface area contributed by atoms with Gasteiger partial charge in [0.1, 0.15) is 11.5 Å². The van der Waals surface area contributed by atoms with Gasteiger partial charge in [-0.2, -0.15) is 0 Å². The van der Waals surface area contributed by atoms with Crippen molar-refractivity contribution in [1.29, 1.82) is 0 Å². The van der Waals surface area contributed by atoms with E-state index in [-0.39, 0.29) is 16.5 Å². The number of rotatable bonds is 2. The molecule has 1 unspecified atom stereocenters. The lowest BCUT2D eigenvalue weighted by Gasteiger charge is -2.32. The molecule has 136 valence electrons. The first-order valence-electron chi connectivity index (χ1n) is 9.01. The van der Waals surface area contributed by atoms with Crippen molar-refractivity contribution in [2.75, 3.05) is 0 Å². The topological polar surface area (TPSA) is 52.4 Å². The minimum atomic E-state index is -0.339. The van der Waals surface area contributed by atoms with Gasteiger partial charge in [-0.25, -0.2) is 0 Å². The summed E-state index contributed by atoms with van der Waals surface area (Å²) in [7, 11) is 0. The molecule has 3 aromatic carbocycles. The fraction of sp³-hybridized carbons (Fsp3) is 0.217. The van der Waals surface area contributed by atoms with Gasteiger partial charge >= 0.3 is 0 Å². The zero-order valence-corrected chi connectivity index (χ0v) is 15.9. The highest BCUT2D eigenvalue weighted by molar-refractivity contribution is 5.66. The third-order valence-corrected chi connectivity index (χ3v) is 5.82. The summed E-state index contributed by atoms with van der Waals surface area (Å²) in [5.41, 5.74) is 7.93. The van der Waals surface area contributed by atoms with E-state index in [1.165, 1.54) is 22.8 Å². The lowest BCUT2D eigenvalue weighted by Crippen LogP contribution is -2.16. The van der Waals surface area contributed by atoms with Crippen LogP contribution in [0.2, 0.25) is 0 Å². The van der Waals surface area contributed by atoms with Crippen molar-refractivity contribution < 1.29 is 9.66 Å². The molecule has 0 aromatic heterocycles. The Labute approximate surface area is 158 Å². The summed E-state index contributed by atoms with van der Waals surface area (Å²) in [5, 5.41) is 11.3. The Morgan fingerprint density at radius 1 is 0.889 bits per heavy atom. The van der Waals surface area contributed by atoms with E-state index in [1.807, 2.05) is 30.3 Å². The zero-order valence-electron chi connectivity index (χ0n) is 15.9. The normalized spacial score (nSPS) is 14.9. The third-order valence-electron chi connectivity index (χ3n) is 5.82. The second-order valence-electron chi connectivity index (χ2n) is 7.17. The maximum atomic E-state index is 11.3. The summed E-state index contributed by atoms with van der Waals surface area (Å²) < 4.78 is 6.32. The molecule has 0 saturated carbocycles. The van der Waals surface area contributed by atoms with Crippen LogP contribution in [-0.2, 0) is 0 Å². The molecule has 4 rings (SSSR count). The molecule has 1 aliphatic heterocycles. The third kappa shape index (κ3) is 2.60. The van der Waals surface area contributed by atoms with E-state index in [0.29, 0.717) is 0 Å². The average Bonchev–Trinajstić information content (AvgIpc) is 2.69. The zero-order chi connectivity index (χ0) is 19.3. The van der Waals surface area contributed by atoms with Crippen LogP contribution in [0.15, 0.2) is 48.5 Å². The van der Waals surface area contributed by atoms with Gasteiger partial charge in [-0.3, -0.25) is 10.1 Å². The Morgan fingerprint density at radius 2 is 1.59 bits per heavy atom. The van der Waals surface area contributed by atoms with Crippen LogP contribution < -0.4 is 4.74 Å². The van der Waals surface area contributed by atoms with Crippen LogP contribution in [0.1, 0.15) is 44.9 Å². The Morgan fingerprint density at radius 3 is 2.33 bits per heavy atom. The first-order chi connectivity index (χ1) is 12.9. The highest BCUT2D eigenvalue weighted by Crippen LogP contribution is 2.51. The fourth-order valence-corrected chi connectivity index (χ4v) is 4.03. The van der Waals surface area contributed by atoms with Crippen LogP contribution in [0.25, 0.3) is 0 Å². The van der Waals surface area contributed by atoms with Gasteiger partial charge < -0.3 is 4.74 Å². The van der Waals surface area contributed by atoms with Gasteiger partial charge in [0.2, 0.25) is 0 Å². The molecule has 0 spiro atoms. The van der Waals surface area contributed by atoms with Gasteiger partial charge in [-0.15, -0.1) is 0 Å². The lowest BCUT2D eigenvalue weighted by atomic mass is 9.77. The molecule has 4 nitrogen and oxygen atoms in total. The molecule has 0 bridgehead atoms. The van der Waals surface area contributed by atoms with Crippen LogP contribution >= 0.6 is 0 Å². The van der Waals surface area contributed by atoms with Gasteiger partial charge in [0, 0.05) is 29.2 Å². The predicted octanol–water partition coefficient (Wildman–Crippen LogP) is 6.11. The van der Waals surface area contributed by atoms with Crippen molar-refractivity contribution in [2.24, 2.45) is 0 Å². The summed E-state index contributed by atoms with van der Waals surface area (Å²) in [6, 6.07) is 14.9. The molecule has 1 aliphatic rings. The minimum Gasteiger partial charge on any atom is -0.456 e. The monoisotopic (exact) mass is 359 g/mol. The Hall–Kier alpha value is -3.14. The van der Waals surface area contributed by atoms with Gasteiger partial charge in [0.15, 0.2) is 0 Å². The van der Waals surface area contributed by atoms with Gasteiger partial charge in [-0.1, -0.05) is 30.3 Å². The Balaban J connectivity index is 2.06. The summed E-state index contributed by atoms with van der Waals surface area (Å²) in [6.45, 7) is 8.44. The maximum Gasteiger partial charge on any atom is 0.269 e.